The first-order chi connectivity index (χ1) is 9.02. The van der Waals surface area contributed by atoms with Gasteiger partial charge in [-0.1, -0.05) is 19.1 Å². The third-order valence-electron chi connectivity index (χ3n) is 3.54. The molecule has 1 aliphatic rings. The van der Waals surface area contributed by atoms with E-state index in [0.29, 0.717) is 12.5 Å². The van der Waals surface area contributed by atoms with Crippen molar-refractivity contribution in [2.45, 2.75) is 25.8 Å². The van der Waals surface area contributed by atoms with Crippen LogP contribution < -0.4 is 5.32 Å². The zero-order valence-corrected chi connectivity index (χ0v) is 11.9. The Balaban J connectivity index is 1.96. The second-order valence-corrected chi connectivity index (χ2v) is 7.53. The minimum absolute atomic E-state index is 0.146. The minimum atomic E-state index is -2.93. The summed E-state index contributed by atoms with van der Waals surface area (Å²) < 4.78 is 35.8. The van der Waals surface area contributed by atoms with Gasteiger partial charge in [0.15, 0.2) is 9.84 Å². The molecule has 1 aliphatic carbocycles. The van der Waals surface area contributed by atoms with Gasteiger partial charge < -0.3 is 5.32 Å². The Labute approximate surface area is 114 Å². The van der Waals surface area contributed by atoms with Gasteiger partial charge in [0.05, 0.1) is 5.75 Å². The van der Waals surface area contributed by atoms with Crippen molar-refractivity contribution in [3.8, 4) is 0 Å². The lowest BCUT2D eigenvalue weighted by Crippen LogP contribution is -2.29. The maximum absolute atomic E-state index is 12.9. The normalized spacial score (nSPS) is 17.4. The topological polar surface area (TPSA) is 46.2 Å². The molecule has 0 heterocycles. The van der Waals surface area contributed by atoms with Crippen LogP contribution in [0.3, 0.4) is 0 Å². The van der Waals surface area contributed by atoms with Crippen LogP contribution in [0.1, 0.15) is 31.4 Å². The highest BCUT2D eigenvalue weighted by molar-refractivity contribution is 7.91. The Bertz CT molecular complexity index is 509. The van der Waals surface area contributed by atoms with Crippen LogP contribution in [0.25, 0.3) is 0 Å². The Morgan fingerprint density at radius 1 is 1.32 bits per heavy atom. The Kier molecular flexibility index (Phi) is 4.58. The van der Waals surface area contributed by atoms with Crippen LogP contribution in [-0.2, 0) is 9.84 Å². The summed E-state index contributed by atoms with van der Waals surface area (Å²) >= 11 is 0. The first kappa shape index (κ1) is 14.5. The van der Waals surface area contributed by atoms with E-state index < -0.39 is 9.84 Å². The zero-order valence-electron chi connectivity index (χ0n) is 11.1. The van der Waals surface area contributed by atoms with Crippen LogP contribution in [0.2, 0.25) is 0 Å². The average Bonchev–Trinajstić information content (AvgIpc) is 3.20. The summed E-state index contributed by atoms with van der Waals surface area (Å²) in [7, 11) is -2.93. The fourth-order valence-electron chi connectivity index (χ4n) is 2.17. The lowest BCUT2D eigenvalue weighted by Gasteiger charge is -2.18. The van der Waals surface area contributed by atoms with Crippen molar-refractivity contribution in [3.63, 3.8) is 0 Å². The van der Waals surface area contributed by atoms with E-state index in [2.05, 4.69) is 5.32 Å². The molecule has 1 unspecified atom stereocenters. The fraction of sp³-hybridized carbons (Fsp3) is 0.571. The summed E-state index contributed by atoms with van der Waals surface area (Å²) in [5.41, 5.74) is 1.04. The minimum Gasteiger partial charge on any atom is -0.309 e. The highest BCUT2D eigenvalue weighted by Gasteiger charge is 2.32. The monoisotopic (exact) mass is 285 g/mol. The summed E-state index contributed by atoms with van der Waals surface area (Å²) in [5.74, 6) is 0.648. The van der Waals surface area contributed by atoms with Gasteiger partial charge in [-0.05, 0) is 36.5 Å². The van der Waals surface area contributed by atoms with Gasteiger partial charge in [0.2, 0.25) is 0 Å². The number of nitrogens with one attached hydrogen (secondary N) is 1. The van der Waals surface area contributed by atoms with Crippen molar-refractivity contribution < 1.29 is 12.8 Å². The van der Waals surface area contributed by atoms with Gasteiger partial charge >= 0.3 is 0 Å². The van der Waals surface area contributed by atoms with Gasteiger partial charge in [-0.25, -0.2) is 12.8 Å². The highest BCUT2D eigenvalue weighted by Crippen LogP contribution is 2.40. The lowest BCUT2D eigenvalue weighted by molar-refractivity contribution is 0.492. The molecule has 19 heavy (non-hydrogen) atoms. The number of hydrogen-bond donors (Lipinski definition) is 1. The van der Waals surface area contributed by atoms with Crippen LogP contribution in [0.5, 0.6) is 0 Å². The fourth-order valence-corrected chi connectivity index (χ4v) is 2.89. The van der Waals surface area contributed by atoms with Gasteiger partial charge in [0, 0.05) is 18.3 Å². The zero-order chi connectivity index (χ0) is 13.9. The van der Waals surface area contributed by atoms with Gasteiger partial charge in [-0.15, -0.1) is 0 Å². The van der Waals surface area contributed by atoms with Gasteiger partial charge in [-0.3, -0.25) is 0 Å². The van der Waals surface area contributed by atoms with Crippen molar-refractivity contribution >= 4 is 9.84 Å². The Morgan fingerprint density at radius 2 is 1.95 bits per heavy atom. The second-order valence-electron chi connectivity index (χ2n) is 5.06. The SMILES string of the molecule is CCS(=O)(=O)CCNC(c1ccc(F)cc1)C1CC1. The summed E-state index contributed by atoms with van der Waals surface area (Å²) in [4.78, 5) is 0. The largest absolute Gasteiger partial charge is 0.309 e. The smallest absolute Gasteiger partial charge is 0.151 e. The number of rotatable bonds is 7. The third-order valence-corrected chi connectivity index (χ3v) is 5.25. The Hall–Kier alpha value is -0.940. The molecule has 1 atom stereocenters. The van der Waals surface area contributed by atoms with E-state index >= 15 is 0 Å². The molecule has 5 heteroatoms. The molecule has 0 aromatic heterocycles. The summed E-state index contributed by atoms with van der Waals surface area (Å²) in [6.07, 6.45) is 2.30. The van der Waals surface area contributed by atoms with E-state index in [-0.39, 0.29) is 23.4 Å². The first-order valence-electron chi connectivity index (χ1n) is 6.71. The van der Waals surface area contributed by atoms with Crippen molar-refractivity contribution in [2.75, 3.05) is 18.1 Å². The molecule has 0 bridgehead atoms. The molecule has 0 spiro atoms. The van der Waals surface area contributed by atoms with E-state index in [0.717, 1.165) is 18.4 Å². The number of benzene rings is 1. The molecular weight excluding hydrogens is 265 g/mol. The van der Waals surface area contributed by atoms with Gasteiger partial charge in [-0.2, -0.15) is 0 Å². The molecule has 1 aromatic carbocycles. The first-order valence-corrected chi connectivity index (χ1v) is 8.53. The summed E-state index contributed by atoms with van der Waals surface area (Å²) in [6, 6.07) is 6.61. The van der Waals surface area contributed by atoms with Crippen LogP contribution in [0.4, 0.5) is 4.39 Å². The molecule has 0 saturated heterocycles. The van der Waals surface area contributed by atoms with Crippen molar-refractivity contribution in [2.24, 2.45) is 5.92 Å². The maximum atomic E-state index is 12.9. The van der Waals surface area contributed by atoms with Gasteiger partial charge in [0.1, 0.15) is 5.82 Å². The molecule has 106 valence electrons. The third kappa shape index (κ3) is 4.28. The molecular formula is C14H20FNO2S. The standard InChI is InChI=1S/C14H20FNO2S/c1-2-19(17,18)10-9-16-14(11-3-4-11)12-5-7-13(15)8-6-12/h5-8,11,14,16H,2-4,9-10H2,1H3. The molecule has 1 fully saturated rings. The van der Waals surface area contributed by atoms with Crippen LogP contribution in [0, 0.1) is 11.7 Å². The van der Waals surface area contributed by atoms with Crippen molar-refractivity contribution in [1.29, 1.82) is 0 Å². The van der Waals surface area contributed by atoms with Crippen molar-refractivity contribution in [3.05, 3.63) is 35.6 Å². The molecule has 0 amide bonds. The number of sulfone groups is 1. The van der Waals surface area contributed by atoms with Crippen LogP contribution in [-0.4, -0.2) is 26.5 Å². The molecule has 1 N–H and O–H groups in total. The van der Waals surface area contributed by atoms with E-state index in [4.69, 9.17) is 0 Å². The molecule has 0 aliphatic heterocycles. The van der Waals surface area contributed by atoms with E-state index in [1.165, 1.54) is 12.1 Å². The molecule has 0 radical (unpaired) electrons. The average molecular weight is 285 g/mol. The predicted molar refractivity (Wildman–Crippen MR) is 74.2 cm³/mol. The molecule has 3 nitrogen and oxygen atoms in total. The van der Waals surface area contributed by atoms with E-state index in [9.17, 15) is 12.8 Å². The van der Waals surface area contributed by atoms with Crippen LogP contribution in [0.15, 0.2) is 24.3 Å². The van der Waals surface area contributed by atoms with Crippen LogP contribution >= 0.6 is 0 Å². The van der Waals surface area contributed by atoms with E-state index in [1.54, 1.807) is 19.1 Å². The quantitative estimate of drug-likeness (QED) is 0.836. The summed E-state index contributed by atoms with van der Waals surface area (Å²) in [5, 5.41) is 3.31. The summed E-state index contributed by atoms with van der Waals surface area (Å²) in [6.45, 7) is 2.11. The Morgan fingerprint density at radius 3 is 2.47 bits per heavy atom. The maximum Gasteiger partial charge on any atom is 0.151 e. The number of halogens is 1. The predicted octanol–water partition coefficient (Wildman–Crippen LogP) is 2.30. The molecule has 2 rings (SSSR count). The molecule has 1 saturated carbocycles. The molecule has 1 aromatic rings. The number of hydrogen-bond acceptors (Lipinski definition) is 3. The van der Waals surface area contributed by atoms with Gasteiger partial charge in [0.25, 0.3) is 0 Å². The van der Waals surface area contributed by atoms with E-state index in [1.807, 2.05) is 0 Å². The highest BCUT2D eigenvalue weighted by atomic mass is 32.2. The van der Waals surface area contributed by atoms with Crippen molar-refractivity contribution in [1.82, 2.24) is 5.32 Å². The second kappa shape index (κ2) is 6.01. The lowest BCUT2D eigenvalue weighted by atomic mass is 10.0.